The molecule has 1 aliphatic rings. The minimum atomic E-state index is -0.628. The Kier molecular flexibility index (Phi) is 7.92. The van der Waals surface area contributed by atoms with Crippen molar-refractivity contribution < 1.29 is 13.6 Å². The van der Waals surface area contributed by atoms with Gasteiger partial charge in [0.15, 0.2) is 23.2 Å². The zero-order valence-corrected chi connectivity index (χ0v) is 19.9. The minimum absolute atomic E-state index is 0.00616. The molecule has 9 heteroatoms. The molecule has 182 valence electrons. The molecule has 1 aromatic heterocycles. The maximum absolute atomic E-state index is 14.8. The van der Waals surface area contributed by atoms with Gasteiger partial charge in [-0.1, -0.05) is 42.4 Å². The van der Waals surface area contributed by atoms with E-state index < -0.39 is 11.6 Å². The van der Waals surface area contributed by atoms with Gasteiger partial charge in [-0.15, -0.1) is 0 Å². The van der Waals surface area contributed by atoms with Gasteiger partial charge in [-0.3, -0.25) is 4.79 Å². The van der Waals surface area contributed by atoms with E-state index >= 15 is 0 Å². The molecule has 0 radical (unpaired) electrons. The molecule has 1 aliphatic heterocycles. The van der Waals surface area contributed by atoms with Crippen LogP contribution in [0.2, 0.25) is 5.02 Å². The van der Waals surface area contributed by atoms with E-state index in [-0.39, 0.29) is 29.5 Å². The molecule has 2 heterocycles. The van der Waals surface area contributed by atoms with Crippen molar-refractivity contribution in [1.82, 2.24) is 9.97 Å². The van der Waals surface area contributed by atoms with Crippen LogP contribution in [0.4, 0.5) is 31.9 Å². The molecule has 2 aromatic carbocycles. The Morgan fingerprint density at radius 2 is 1.83 bits per heavy atom. The third kappa shape index (κ3) is 6.33. The van der Waals surface area contributed by atoms with Crippen LogP contribution in [0.5, 0.6) is 0 Å². The summed E-state index contributed by atoms with van der Waals surface area (Å²) in [6.45, 7) is 5.19. The Morgan fingerprint density at radius 3 is 2.54 bits per heavy atom. The van der Waals surface area contributed by atoms with Gasteiger partial charge in [0.1, 0.15) is 10.7 Å². The van der Waals surface area contributed by atoms with E-state index in [9.17, 15) is 13.6 Å². The topological polar surface area (TPSA) is 70.2 Å². The van der Waals surface area contributed by atoms with Crippen LogP contribution in [0.1, 0.15) is 30.4 Å². The highest BCUT2D eigenvalue weighted by atomic mass is 35.5. The lowest BCUT2D eigenvalue weighted by Gasteiger charge is -2.29. The SMILES string of the molecule is C=CC(=O)Cc1cccc(CNc2nc(Nc3cc(F)c(N4CCCCC4)c(F)c3)ncc2Cl)c1. The molecule has 0 unspecified atom stereocenters. The number of piperidine rings is 1. The molecular weight excluding hydrogens is 472 g/mol. The molecule has 35 heavy (non-hydrogen) atoms. The highest BCUT2D eigenvalue weighted by Gasteiger charge is 2.20. The number of benzene rings is 2. The van der Waals surface area contributed by atoms with E-state index in [1.165, 1.54) is 24.4 Å². The smallest absolute Gasteiger partial charge is 0.229 e. The average molecular weight is 498 g/mol. The first kappa shape index (κ1) is 24.6. The van der Waals surface area contributed by atoms with Gasteiger partial charge < -0.3 is 15.5 Å². The quantitative estimate of drug-likeness (QED) is 0.351. The van der Waals surface area contributed by atoms with Crippen molar-refractivity contribution in [3.63, 3.8) is 0 Å². The molecule has 0 amide bonds. The van der Waals surface area contributed by atoms with E-state index in [2.05, 4.69) is 27.2 Å². The maximum atomic E-state index is 14.8. The van der Waals surface area contributed by atoms with Gasteiger partial charge in [-0.25, -0.2) is 13.8 Å². The van der Waals surface area contributed by atoms with Crippen LogP contribution in [-0.4, -0.2) is 28.8 Å². The lowest BCUT2D eigenvalue weighted by molar-refractivity contribution is -0.114. The second-order valence-corrected chi connectivity index (χ2v) is 8.78. The van der Waals surface area contributed by atoms with E-state index in [4.69, 9.17) is 11.6 Å². The summed E-state index contributed by atoms with van der Waals surface area (Å²) in [6, 6.07) is 10.1. The first-order valence-electron chi connectivity index (χ1n) is 11.4. The van der Waals surface area contributed by atoms with Gasteiger partial charge >= 0.3 is 0 Å². The van der Waals surface area contributed by atoms with Gasteiger partial charge in [-0.05, 0) is 48.6 Å². The number of ketones is 1. The van der Waals surface area contributed by atoms with Crippen LogP contribution in [-0.2, 0) is 17.8 Å². The predicted molar refractivity (Wildman–Crippen MR) is 135 cm³/mol. The second-order valence-electron chi connectivity index (χ2n) is 8.37. The molecule has 0 bridgehead atoms. The summed E-state index contributed by atoms with van der Waals surface area (Å²) in [5.74, 6) is -0.802. The lowest BCUT2D eigenvalue weighted by atomic mass is 10.1. The van der Waals surface area contributed by atoms with Crippen LogP contribution >= 0.6 is 11.6 Å². The number of aromatic nitrogens is 2. The molecular formula is C26H26ClF2N5O. The molecule has 1 saturated heterocycles. The standard InChI is InChI=1S/C26H26ClF2N5O/c1-2-20(35)12-17-7-6-8-18(11-17)15-30-25-21(27)16-31-26(33-25)32-19-13-22(28)24(23(29)14-19)34-9-4-3-5-10-34/h2,6-8,11,13-14,16H,1,3-5,9-10,12,15H2,(H2,30,31,32,33). The fourth-order valence-electron chi connectivity index (χ4n) is 4.05. The summed E-state index contributed by atoms with van der Waals surface area (Å²) in [5.41, 5.74) is 2.02. The second kappa shape index (κ2) is 11.3. The van der Waals surface area contributed by atoms with E-state index in [1.807, 2.05) is 24.3 Å². The number of carbonyl (C=O) groups is 1. The van der Waals surface area contributed by atoms with Gasteiger partial charge in [0.2, 0.25) is 5.95 Å². The first-order chi connectivity index (χ1) is 16.9. The van der Waals surface area contributed by atoms with Crippen molar-refractivity contribution in [3.05, 3.63) is 83.0 Å². The van der Waals surface area contributed by atoms with Crippen LogP contribution in [0, 0.1) is 11.6 Å². The molecule has 6 nitrogen and oxygen atoms in total. The minimum Gasteiger partial charge on any atom is -0.367 e. The number of allylic oxidation sites excluding steroid dienone is 1. The Hall–Kier alpha value is -3.52. The Morgan fingerprint density at radius 1 is 1.11 bits per heavy atom. The fraction of sp³-hybridized carbons (Fsp3) is 0.269. The number of rotatable bonds is 9. The third-order valence-electron chi connectivity index (χ3n) is 5.75. The molecule has 4 rings (SSSR count). The molecule has 3 aromatic rings. The summed E-state index contributed by atoms with van der Waals surface area (Å²) < 4.78 is 29.5. The number of nitrogens with one attached hydrogen (secondary N) is 2. The van der Waals surface area contributed by atoms with Crippen molar-refractivity contribution in [1.29, 1.82) is 0 Å². The zero-order valence-electron chi connectivity index (χ0n) is 19.2. The van der Waals surface area contributed by atoms with Crippen molar-refractivity contribution >= 4 is 40.5 Å². The lowest BCUT2D eigenvalue weighted by Crippen LogP contribution is -2.31. The van der Waals surface area contributed by atoms with Crippen molar-refractivity contribution in [2.45, 2.75) is 32.2 Å². The maximum Gasteiger partial charge on any atom is 0.229 e. The number of anilines is 4. The van der Waals surface area contributed by atoms with Crippen molar-refractivity contribution in [2.75, 3.05) is 28.6 Å². The van der Waals surface area contributed by atoms with Crippen LogP contribution in [0.25, 0.3) is 0 Å². The third-order valence-corrected chi connectivity index (χ3v) is 6.02. The van der Waals surface area contributed by atoms with E-state index in [0.29, 0.717) is 30.5 Å². The Bertz CT molecular complexity index is 1210. The van der Waals surface area contributed by atoms with Gasteiger partial charge in [-0.2, -0.15) is 4.98 Å². The largest absolute Gasteiger partial charge is 0.367 e. The Balaban J connectivity index is 1.45. The first-order valence-corrected chi connectivity index (χ1v) is 11.8. The highest BCUT2D eigenvalue weighted by Crippen LogP contribution is 2.30. The van der Waals surface area contributed by atoms with Crippen LogP contribution in [0.15, 0.2) is 55.3 Å². The molecule has 1 fully saturated rings. The normalized spacial score (nSPS) is 13.4. The van der Waals surface area contributed by atoms with Gasteiger partial charge in [0.05, 0.1) is 6.20 Å². The molecule has 0 saturated carbocycles. The molecule has 2 N–H and O–H groups in total. The molecule has 0 atom stereocenters. The van der Waals surface area contributed by atoms with Crippen LogP contribution in [0.3, 0.4) is 0 Å². The van der Waals surface area contributed by atoms with Gasteiger partial charge in [0.25, 0.3) is 0 Å². The Labute approximate surface area is 208 Å². The number of halogens is 3. The summed E-state index contributed by atoms with van der Waals surface area (Å²) in [6.07, 6.45) is 5.91. The molecule has 0 aliphatic carbocycles. The summed E-state index contributed by atoms with van der Waals surface area (Å²) in [7, 11) is 0. The number of hydrogen-bond donors (Lipinski definition) is 2. The zero-order chi connectivity index (χ0) is 24.8. The van der Waals surface area contributed by atoms with Gasteiger partial charge in [0, 0.05) is 31.7 Å². The average Bonchev–Trinajstić information content (AvgIpc) is 2.85. The monoisotopic (exact) mass is 497 g/mol. The summed E-state index contributed by atoms with van der Waals surface area (Å²) in [5, 5.41) is 6.29. The highest BCUT2D eigenvalue weighted by molar-refractivity contribution is 6.32. The summed E-state index contributed by atoms with van der Waals surface area (Å²) >= 11 is 6.25. The molecule has 0 spiro atoms. The van der Waals surface area contributed by atoms with Crippen molar-refractivity contribution in [2.24, 2.45) is 0 Å². The number of hydrogen-bond acceptors (Lipinski definition) is 6. The number of nitrogens with zero attached hydrogens (tertiary/aromatic N) is 3. The van der Waals surface area contributed by atoms with Crippen molar-refractivity contribution in [3.8, 4) is 0 Å². The fourth-order valence-corrected chi connectivity index (χ4v) is 4.20. The summed E-state index contributed by atoms with van der Waals surface area (Å²) in [4.78, 5) is 21.8. The van der Waals surface area contributed by atoms with E-state index in [0.717, 1.165) is 30.4 Å². The number of carbonyl (C=O) groups excluding carboxylic acids is 1. The van der Waals surface area contributed by atoms with E-state index in [1.54, 1.807) is 4.90 Å². The van der Waals surface area contributed by atoms with Crippen LogP contribution < -0.4 is 15.5 Å². The predicted octanol–water partition coefficient (Wildman–Crippen LogP) is 6.05.